The molecule has 1 rings (SSSR count). The number of hydrogen-bond acceptors (Lipinski definition) is 15. The molecule has 17 heteroatoms. The molecule has 1 aliphatic rings. The van der Waals surface area contributed by atoms with E-state index in [1.165, 1.54) is 0 Å². The normalized spacial score (nSPS) is 31.4. The van der Waals surface area contributed by atoms with Gasteiger partial charge in [0.05, 0.1) is 6.61 Å². The Bertz CT molecular complexity index is 623. The summed E-state index contributed by atoms with van der Waals surface area (Å²) in [5, 5.41) is 80.0. The molecule has 1 heterocycles. The molecule has 0 aliphatic carbocycles. The maximum absolute atomic E-state index is 11.1. The molecule has 0 amide bonds. The van der Waals surface area contributed by atoms with Gasteiger partial charge in [-0.25, -0.2) is 4.79 Å². The van der Waals surface area contributed by atoms with Gasteiger partial charge in [0.25, 0.3) is 0 Å². The van der Waals surface area contributed by atoms with E-state index in [1.54, 1.807) is 0 Å². The zero-order chi connectivity index (χ0) is 23.1. The SMILES string of the molecule is O=C(OS(=O)(=O)O)[C@H]1O[C@@H](O)[C@H](O)[C@@H](O)[C@@H]1O.O=C[C@@H](O)[C@@H](O)[C@H](O)[C@H](O)CO. The average molecular weight is 454 g/mol. The van der Waals surface area contributed by atoms with Crippen LogP contribution in [0.3, 0.4) is 0 Å². The second-order valence-electron chi connectivity index (χ2n) is 5.61. The first-order valence-electron chi connectivity index (χ1n) is 7.54. The van der Waals surface area contributed by atoms with Crippen LogP contribution in [0.4, 0.5) is 0 Å². The van der Waals surface area contributed by atoms with E-state index in [-0.39, 0.29) is 6.29 Å². The number of carbonyl (C=O) groups excluding carboxylic acids is 2. The molecule has 0 radical (unpaired) electrons. The lowest BCUT2D eigenvalue weighted by molar-refractivity contribution is -0.279. The molecule has 0 aromatic heterocycles. The molecule has 0 unspecified atom stereocenters. The summed E-state index contributed by atoms with van der Waals surface area (Å²) >= 11 is 0. The topological polar surface area (TPSA) is 289 Å². The minimum Gasteiger partial charge on any atom is -0.394 e. The lowest BCUT2D eigenvalue weighted by atomic mass is 9.99. The predicted octanol–water partition coefficient (Wildman–Crippen LogP) is -7.25. The lowest BCUT2D eigenvalue weighted by Crippen LogP contribution is -2.60. The first kappa shape index (κ1) is 27.6. The number of ether oxygens (including phenoxy) is 1. The molecule has 9 atom stereocenters. The van der Waals surface area contributed by atoms with Gasteiger partial charge in [-0.05, 0) is 0 Å². The van der Waals surface area contributed by atoms with Crippen molar-refractivity contribution in [3.8, 4) is 0 Å². The summed E-state index contributed by atoms with van der Waals surface area (Å²) in [4.78, 5) is 21.0. The van der Waals surface area contributed by atoms with Gasteiger partial charge in [0, 0.05) is 0 Å². The third-order valence-corrected chi connectivity index (χ3v) is 3.80. The molecule has 1 saturated heterocycles. The first-order valence-corrected chi connectivity index (χ1v) is 8.91. The third kappa shape index (κ3) is 8.50. The highest BCUT2D eigenvalue weighted by molar-refractivity contribution is 7.81. The summed E-state index contributed by atoms with van der Waals surface area (Å²) in [5.41, 5.74) is 0. The minimum absolute atomic E-state index is 0.0258. The van der Waals surface area contributed by atoms with Crippen LogP contribution in [0.15, 0.2) is 0 Å². The molecule has 16 nitrogen and oxygen atoms in total. The quantitative estimate of drug-likeness (QED) is 0.126. The molecular formula is C12H22O16S. The number of carbonyl (C=O) groups is 2. The van der Waals surface area contributed by atoms with Crippen LogP contribution < -0.4 is 0 Å². The van der Waals surface area contributed by atoms with Crippen molar-refractivity contribution in [1.29, 1.82) is 0 Å². The van der Waals surface area contributed by atoms with Crippen LogP contribution >= 0.6 is 0 Å². The van der Waals surface area contributed by atoms with Crippen molar-refractivity contribution >= 4 is 22.7 Å². The monoisotopic (exact) mass is 454 g/mol. The Labute approximate surface area is 162 Å². The molecule has 172 valence electrons. The Morgan fingerprint density at radius 2 is 1.52 bits per heavy atom. The van der Waals surface area contributed by atoms with Crippen LogP contribution in [-0.2, 0) is 28.9 Å². The fourth-order valence-electron chi connectivity index (χ4n) is 1.83. The standard InChI is InChI=1S/C6H10O10S.C6H12O6/c7-1-2(8)4(15-5(10)3(1)9)6(11)16-17(12,13)14;7-1-3(9)5(11)6(12)4(10)2-8/h1-5,7-10H,(H,12,13,14);1,3-6,8-12H,2H2/t1-,2-,3+,4-,5+;3-,4-,5-,6-/m01/s1. The van der Waals surface area contributed by atoms with Crippen molar-refractivity contribution < 1.29 is 77.4 Å². The maximum Gasteiger partial charge on any atom is 0.449 e. The molecular weight excluding hydrogens is 432 g/mol. The predicted molar refractivity (Wildman–Crippen MR) is 83.7 cm³/mol. The van der Waals surface area contributed by atoms with Gasteiger partial charge in [-0.15, -0.1) is 0 Å². The van der Waals surface area contributed by atoms with E-state index < -0.39 is 78.1 Å². The lowest BCUT2D eigenvalue weighted by Gasteiger charge is -2.36. The third-order valence-electron chi connectivity index (χ3n) is 3.43. The highest BCUT2D eigenvalue weighted by Gasteiger charge is 2.47. The smallest absolute Gasteiger partial charge is 0.394 e. The first-order chi connectivity index (χ1) is 13.2. The molecule has 1 aliphatic heterocycles. The number of aliphatic hydroxyl groups excluding tert-OH is 9. The van der Waals surface area contributed by atoms with Crippen LogP contribution in [0.1, 0.15) is 0 Å². The number of aliphatic hydroxyl groups is 9. The number of hydrogen-bond donors (Lipinski definition) is 10. The van der Waals surface area contributed by atoms with E-state index in [1.807, 2.05) is 0 Å². The van der Waals surface area contributed by atoms with Crippen molar-refractivity contribution in [1.82, 2.24) is 0 Å². The average Bonchev–Trinajstić information content (AvgIpc) is 2.65. The van der Waals surface area contributed by atoms with Crippen molar-refractivity contribution in [3.05, 3.63) is 0 Å². The Kier molecular flexibility index (Phi) is 11.2. The summed E-state index contributed by atoms with van der Waals surface area (Å²) in [5.74, 6) is -1.75. The largest absolute Gasteiger partial charge is 0.449 e. The second-order valence-corrected chi connectivity index (χ2v) is 6.63. The molecule has 0 aromatic rings. The maximum atomic E-state index is 11.1. The fraction of sp³-hybridized carbons (Fsp3) is 0.833. The van der Waals surface area contributed by atoms with Crippen molar-refractivity contribution in [2.45, 2.75) is 55.1 Å². The van der Waals surface area contributed by atoms with Gasteiger partial charge in [0.2, 0.25) is 0 Å². The van der Waals surface area contributed by atoms with Gasteiger partial charge >= 0.3 is 16.4 Å². The van der Waals surface area contributed by atoms with E-state index in [2.05, 4.69) is 8.92 Å². The van der Waals surface area contributed by atoms with E-state index in [9.17, 15) is 28.2 Å². The van der Waals surface area contributed by atoms with Gasteiger partial charge in [0.15, 0.2) is 18.7 Å². The van der Waals surface area contributed by atoms with Gasteiger partial charge in [0.1, 0.15) is 42.7 Å². The minimum atomic E-state index is -5.11. The van der Waals surface area contributed by atoms with Crippen LogP contribution in [0.25, 0.3) is 0 Å². The molecule has 10 N–H and O–H groups in total. The second kappa shape index (κ2) is 11.7. The van der Waals surface area contributed by atoms with E-state index >= 15 is 0 Å². The summed E-state index contributed by atoms with van der Waals surface area (Å²) in [7, 11) is -5.11. The Hall–Kier alpha value is -1.35. The zero-order valence-electron chi connectivity index (χ0n) is 14.3. The van der Waals surface area contributed by atoms with Crippen LogP contribution in [0.2, 0.25) is 0 Å². The van der Waals surface area contributed by atoms with Gasteiger partial charge in [-0.1, -0.05) is 0 Å². The molecule has 0 aromatic carbocycles. The number of aldehydes is 1. The van der Waals surface area contributed by atoms with Crippen LogP contribution in [0, 0.1) is 0 Å². The Balaban J connectivity index is 0.000000578. The molecule has 0 bridgehead atoms. The van der Waals surface area contributed by atoms with Crippen LogP contribution in [-0.4, -0.2) is 133 Å². The summed E-state index contributed by atoms with van der Waals surface area (Å²) in [6.07, 6.45) is -16.8. The van der Waals surface area contributed by atoms with Crippen molar-refractivity contribution in [2.24, 2.45) is 0 Å². The van der Waals surface area contributed by atoms with E-state index in [0.717, 1.165) is 0 Å². The summed E-state index contributed by atoms with van der Waals surface area (Å²) in [6.45, 7) is -0.760. The molecule has 29 heavy (non-hydrogen) atoms. The number of rotatable bonds is 7. The van der Waals surface area contributed by atoms with Crippen molar-refractivity contribution in [2.75, 3.05) is 6.61 Å². The summed E-state index contributed by atoms with van der Waals surface area (Å²) < 4.78 is 36.5. The summed E-state index contributed by atoms with van der Waals surface area (Å²) in [6, 6.07) is 0. The molecule has 0 spiro atoms. The van der Waals surface area contributed by atoms with Gasteiger partial charge in [-0.3, -0.25) is 4.55 Å². The van der Waals surface area contributed by atoms with Gasteiger partial charge < -0.3 is 59.7 Å². The highest BCUT2D eigenvalue weighted by Crippen LogP contribution is 2.21. The van der Waals surface area contributed by atoms with Gasteiger partial charge in [-0.2, -0.15) is 8.42 Å². The Morgan fingerprint density at radius 1 is 1.00 bits per heavy atom. The van der Waals surface area contributed by atoms with Crippen LogP contribution in [0.5, 0.6) is 0 Å². The molecule has 1 fully saturated rings. The molecule has 0 saturated carbocycles. The van der Waals surface area contributed by atoms with E-state index in [4.69, 9.17) is 40.3 Å². The fourth-order valence-corrected chi connectivity index (χ4v) is 2.13. The highest BCUT2D eigenvalue weighted by atomic mass is 32.3. The van der Waals surface area contributed by atoms with Crippen molar-refractivity contribution in [3.63, 3.8) is 0 Å². The Morgan fingerprint density at radius 3 is 1.93 bits per heavy atom. The zero-order valence-corrected chi connectivity index (χ0v) is 15.1. The van der Waals surface area contributed by atoms with E-state index in [0.29, 0.717) is 0 Å².